The van der Waals surface area contributed by atoms with Crippen LogP contribution in [0.1, 0.15) is 17.3 Å². The second-order valence-electron chi connectivity index (χ2n) is 6.76. The Hall–Kier alpha value is -2.49. The Bertz CT molecular complexity index is 1170. The maximum Gasteiger partial charge on any atom is 0.254 e. The number of halogens is 1. The van der Waals surface area contributed by atoms with Gasteiger partial charge in [-0.3, -0.25) is 4.79 Å². The summed E-state index contributed by atoms with van der Waals surface area (Å²) in [5, 5.41) is 8.53. The van der Waals surface area contributed by atoms with Crippen LogP contribution in [0.4, 0.5) is 0 Å². The SMILES string of the molecule is CCn1nnc2cc(C(=O)N3CCN(S(=O)(=O)c4cccc(Cl)c4)CC3)ccc21. The van der Waals surface area contributed by atoms with Gasteiger partial charge in [0, 0.05) is 43.3 Å². The number of carbonyl (C=O) groups is 1. The Morgan fingerprint density at radius 1 is 1.10 bits per heavy atom. The van der Waals surface area contributed by atoms with Crippen LogP contribution in [0.25, 0.3) is 11.0 Å². The highest BCUT2D eigenvalue weighted by Crippen LogP contribution is 2.22. The summed E-state index contributed by atoms with van der Waals surface area (Å²) in [6.07, 6.45) is 0. The molecule has 1 amide bonds. The van der Waals surface area contributed by atoms with Gasteiger partial charge in [-0.2, -0.15) is 4.31 Å². The predicted molar refractivity (Wildman–Crippen MR) is 109 cm³/mol. The summed E-state index contributed by atoms with van der Waals surface area (Å²) >= 11 is 5.93. The minimum absolute atomic E-state index is 0.141. The number of piperazine rings is 1. The molecule has 0 N–H and O–H groups in total. The third-order valence-corrected chi connectivity index (χ3v) is 7.15. The fourth-order valence-electron chi connectivity index (χ4n) is 3.43. The van der Waals surface area contributed by atoms with Crippen molar-refractivity contribution in [3.63, 3.8) is 0 Å². The molecule has 2 heterocycles. The van der Waals surface area contributed by atoms with Crippen LogP contribution in [0, 0.1) is 0 Å². The van der Waals surface area contributed by atoms with Gasteiger partial charge in [-0.15, -0.1) is 5.10 Å². The lowest BCUT2D eigenvalue weighted by Gasteiger charge is -2.34. The van der Waals surface area contributed by atoms with Crippen molar-refractivity contribution in [2.24, 2.45) is 0 Å². The second kappa shape index (κ2) is 7.74. The summed E-state index contributed by atoms with van der Waals surface area (Å²) in [5.74, 6) is -0.141. The van der Waals surface area contributed by atoms with Crippen molar-refractivity contribution in [3.05, 3.63) is 53.1 Å². The van der Waals surface area contributed by atoms with Crippen LogP contribution in [-0.4, -0.2) is 64.7 Å². The molecule has 0 radical (unpaired) electrons. The first-order valence-electron chi connectivity index (χ1n) is 9.28. The van der Waals surface area contributed by atoms with Crippen molar-refractivity contribution in [1.82, 2.24) is 24.2 Å². The Morgan fingerprint density at radius 2 is 1.86 bits per heavy atom. The molecule has 0 bridgehead atoms. The third-order valence-electron chi connectivity index (χ3n) is 5.02. The highest BCUT2D eigenvalue weighted by Gasteiger charge is 2.30. The summed E-state index contributed by atoms with van der Waals surface area (Å²) in [7, 11) is -3.64. The molecule has 1 aromatic heterocycles. The Morgan fingerprint density at radius 3 is 2.55 bits per heavy atom. The fraction of sp³-hybridized carbons (Fsp3) is 0.316. The summed E-state index contributed by atoms with van der Waals surface area (Å²) in [6, 6.07) is 11.5. The zero-order valence-electron chi connectivity index (χ0n) is 15.8. The Kier molecular flexibility index (Phi) is 5.28. The number of hydrogen-bond acceptors (Lipinski definition) is 5. The smallest absolute Gasteiger partial charge is 0.254 e. The van der Waals surface area contributed by atoms with E-state index in [-0.39, 0.29) is 23.9 Å². The molecule has 1 saturated heterocycles. The van der Waals surface area contributed by atoms with Gasteiger partial charge in [-0.05, 0) is 43.3 Å². The number of sulfonamides is 1. The summed E-state index contributed by atoms with van der Waals surface area (Å²) in [6.45, 7) is 3.78. The molecule has 1 aliphatic heterocycles. The zero-order valence-corrected chi connectivity index (χ0v) is 17.4. The second-order valence-corrected chi connectivity index (χ2v) is 9.14. The van der Waals surface area contributed by atoms with Gasteiger partial charge in [0.25, 0.3) is 5.91 Å². The van der Waals surface area contributed by atoms with Crippen LogP contribution in [0.2, 0.25) is 5.02 Å². The quantitative estimate of drug-likeness (QED) is 0.629. The Labute approximate surface area is 173 Å². The fourth-order valence-corrected chi connectivity index (χ4v) is 5.15. The Balaban J connectivity index is 1.47. The van der Waals surface area contributed by atoms with Crippen LogP contribution < -0.4 is 0 Å². The normalized spacial score (nSPS) is 15.7. The third kappa shape index (κ3) is 3.73. The van der Waals surface area contributed by atoms with E-state index in [1.807, 2.05) is 13.0 Å². The molecule has 0 atom stereocenters. The van der Waals surface area contributed by atoms with E-state index in [4.69, 9.17) is 11.6 Å². The van der Waals surface area contributed by atoms with Crippen molar-refractivity contribution >= 4 is 38.6 Å². The lowest BCUT2D eigenvalue weighted by molar-refractivity contribution is 0.0698. The molecule has 0 aliphatic carbocycles. The molecule has 4 rings (SSSR count). The molecular formula is C19H20ClN5O3S. The van der Waals surface area contributed by atoms with Crippen molar-refractivity contribution in [1.29, 1.82) is 0 Å². The lowest BCUT2D eigenvalue weighted by Crippen LogP contribution is -2.50. The van der Waals surface area contributed by atoms with Gasteiger partial charge >= 0.3 is 0 Å². The van der Waals surface area contributed by atoms with Crippen LogP contribution in [-0.2, 0) is 16.6 Å². The lowest BCUT2D eigenvalue weighted by atomic mass is 10.1. The first kappa shape index (κ1) is 19.8. The average Bonchev–Trinajstić information content (AvgIpc) is 3.15. The van der Waals surface area contributed by atoms with E-state index in [0.29, 0.717) is 35.7 Å². The number of hydrogen-bond donors (Lipinski definition) is 0. The van der Waals surface area contributed by atoms with Crippen LogP contribution in [0.5, 0.6) is 0 Å². The average molecular weight is 434 g/mol. The molecule has 1 aliphatic rings. The molecule has 3 aromatic rings. The number of aryl methyl sites for hydroxylation is 1. The maximum atomic E-state index is 12.9. The minimum atomic E-state index is -3.64. The van der Waals surface area contributed by atoms with Crippen LogP contribution >= 0.6 is 11.6 Å². The number of carbonyl (C=O) groups excluding carboxylic acids is 1. The van der Waals surface area contributed by atoms with Crippen molar-refractivity contribution in [2.75, 3.05) is 26.2 Å². The molecule has 0 saturated carbocycles. The van der Waals surface area contributed by atoms with Crippen LogP contribution in [0.15, 0.2) is 47.4 Å². The summed E-state index contributed by atoms with van der Waals surface area (Å²) < 4.78 is 28.8. The number of fused-ring (bicyclic) bond motifs is 1. The van der Waals surface area contributed by atoms with E-state index in [0.717, 1.165) is 5.52 Å². The molecule has 8 nitrogen and oxygen atoms in total. The standard InChI is InChI=1S/C19H20ClN5O3S/c1-2-25-18-7-6-14(12-17(18)21-22-25)19(26)23-8-10-24(11-9-23)29(27,28)16-5-3-4-15(20)13-16/h3-7,12-13H,2,8-11H2,1H3. The number of amides is 1. The van der Waals surface area contributed by atoms with Crippen molar-refractivity contribution < 1.29 is 13.2 Å². The molecule has 1 fully saturated rings. The van der Waals surface area contributed by atoms with Gasteiger partial charge < -0.3 is 4.90 Å². The molecule has 0 unspecified atom stereocenters. The summed E-state index contributed by atoms with van der Waals surface area (Å²) in [5.41, 5.74) is 2.06. The number of rotatable bonds is 4. The number of aromatic nitrogens is 3. The van der Waals surface area contributed by atoms with Gasteiger partial charge in [-0.1, -0.05) is 22.9 Å². The number of benzene rings is 2. The largest absolute Gasteiger partial charge is 0.336 e. The van der Waals surface area contributed by atoms with E-state index < -0.39 is 10.0 Å². The highest BCUT2D eigenvalue weighted by molar-refractivity contribution is 7.89. The topological polar surface area (TPSA) is 88.4 Å². The van der Waals surface area contributed by atoms with Crippen LogP contribution in [0.3, 0.4) is 0 Å². The van der Waals surface area contributed by atoms with Gasteiger partial charge in [0.15, 0.2) is 0 Å². The zero-order chi connectivity index (χ0) is 20.6. The maximum absolute atomic E-state index is 12.9. The molecule has 29 heavy (non-hydrogen) atoms. The highest BCUT2D eigenvalue weighted by atomic mass is 35.5. The van der Waals surface area contributed by atoms with Crippen molar-refractivity contribution in [3.8, 4) is 0 Å². The van der Waals surface area contributed by atoms with Crippen molar-refractivity contribution in [2.45, 2.75) is 18.4 Å². The minimum Gasteiger partial charge on any atom is -0.336 e. The molecule has 0 spiro atoms. The first-order chi connectivity index (χ1) is 13.9. The number of nitrogens with zero attached hydrogens (tertiary/aromatic N) is 5. The molecule has 152 valence electrons. The van der Waals surface area contributed by atoms with E-state index >= 15 is 0 Å². The monoisotopic (exact) mass is 433 g/mol. The first-order valence-corrected chi connectivity index (χ1v) is 11.1. The molecule has 10 heteroatoms. The van der Waals surface area contributed by atoms with Gasteiger partial charge in [0.2, 0.25) is 10.0 Å². The molecular weight excluding hydrogens is 414 g/mol. The van der Waals surface area contributed by atoms with E-state index in [1.165, 1.54) is 16.4 Å². The van der Waals surface area contributed by atoms with Gasteiger partial charge in [0.1, 0.15) is 5.52 Å². The molecule has 2 aromatic carbocycles. The van der Waals surface area contributed by atoms with E-state index in [1.54, 1.807) is 33.8 Å². The van der Waals surface area contributed by atoms with Gasteiger partial charge in [0.05, 0.1) is 10.4 Å². The van der Waals surface area contributed by atoms with Gasteiger partial charge in [-0.25, -0.2) is 13.1 Å². The summed E-state index contributed by atoms with van der Waals surface area (Å²) in [4.78, 5) is 14.7. The van der Waals surface area contributed by atoms with E-state index in [2.05, 4.69) is 10.3 Å². The predicted octanol–water partition coefficient (Wildman–Crippen LogP) is 2.25. The van der Waals surface area contributed by atoms with E-state index in [9.17, 15) is 13.2 Å².